The van der Waals surface area contributed by atoms with Gasteiger partial charge in [-0.2, -0.15) is 4.73 Å². The summed E-state index contributed by atoms with van der Waals surface area (Å²) in [5, 5.41) is 20.5. The van der Waals surface area contributed by atoms with E-state index in [1.807, 2.05) is 12.1 Å². The average Bonchev–Trinajstić information content (AvgIpc) is 2.20. The summed E-state index contributed by atoms with van der Waals surface area (Å²) >= 11 is 1.57. The van der Waals surface area contributed by atoms with Crippen LogP contribution in [0.25, 0.3) is 0 Å². The van der Waals surface area contributed by atoms with Crippen molar-refractivity contribution in [1.29, 1.82) is 0 Å². The summed E-state index contributed by atoms with van der Waals surface area (Å²) in [5.74, 6) is 0.937. The molecule has 0 aromatic carbocycles. The predicted octanol–water partition coefficient (Wildman–Crippen LogP) is 1.57. The first-order valence-corrected chi connectivity index (χ1v) is 5.75. The number of aromatic nitrogens is 1. The van der Waals surface area contributed by atoms with Gasteiger partial charge < -0.3 is 10.3 Å². The van der Waals surface area contributed by atoms with Crippen LogP contribution in [0.5, 0.6) is 0 Å². The van der Waals surface area contributed by atoms with Gasteiger partial charge in [-0.05, 0) is 18.9 Å². The molecule has 0 aliphatic rings. The van der Waals surface area contributed by atoms with Crippen LogP contribution in [0.4, 0.5) is 0 Å². The molecule has 78 valence electrons. The lowest BCUT2D eigenvalue weighted by Crippen LogP contribution is -2.27. The van der Waals surface area contributed by atoms with Gasteiger partial charge in [0.15, 0.2) is 6.20 Å². The van der Waals surface area contributed by atoms with E-state index in [2.05, 4.69) is 0 Å². The van der Waals surface area contributed by atoms with Crippen LogP contribution in [-0.4, -0.2) is 17.5 Å². The number of thioether (sulfide) groups is 1. The first-order valence-electron chi connectivity index (χ1n) is 4.76. The van der Waals surface area contributed by atoms with E-state index in [0.29, 0.717) is 0 Å². The predicted molar refractivity (Wildman–Crippen MR) is 57.1 cm³/mol. The molecule has 0 saturated heterocycles. The van der Waals surface area contributed by atoms with Crippen molar-refractivity contribution in [2.45, 2.75) is 24.3 Å². The van der Waals surface area contributed by atoms with Crippen LogP contribution in [0, 0.1) is 5.21 Å². The van der Waals surface area contributed by atoms with Crippen molar-refractivity contribution in [3.63, 3.8) is 0 Å². The number of aliphatic hydroxyl groups excluding tert-OH is 1. The molecule has 0 saturated carbocycles. The quantitative estimate of drug-likeness (QED) is 0.338. The van der Waals surface area contributed by atoms with Crippen LogP contribution in [0.15, 0.2) is 29.4 Å². The van der Waals surface area contributed by atoms with Crippen LogP contribution in [0.3, 0.4) is 0 Å². The zero-order chi connectivity index (χ0) is 10.2. The van der Waals surface area contributed by atoms with Crippen LogP contribution in [0.1, 0.15) is 19.3 Å². The summed E-state index contributed by atoms with van der Waals surface area (Å²) in [6.45, 7) is 0.261. The van der Waals surface area contributed by atoms with Crippen molar-refractivity contribution < 1.29 is 9.84 Å². The van der Waals surface area contributed by atoms with Gasteiger partial charge in [0.05, 0.1) is 0 Å². The fourth-order valence-corrected chi connectivity index (χ4v) is 2.01. The van der Waals surface area contributed by atoms with Gasteiger partial charge in [0.25, 0.3) is 5.03 Å². The van der Waals surface area contributed by atoms with Gasteiger partial charge >= 0.3 is 0 Å². The number of nitrogens with zero attached hydrogens (tertiary/aromatic N) is 1. The van der Waals surface area contributed by atoms with Gasteiger partial charge in [0.1, 0.15) is 0 Å². The van der Waals surface area contributed by atoms with E-state index < -0.39 is 0 Å². The van der Waals surface area contributed by atoms with E-state index in [1.165, 1.54) is 6.20 Å². The summed E-state index contributed by atoms with van der Waals surface area (Å²) in [5.41, 5.74) is 0. The van der Waals surface area contributed by atoms with E-state index in [0.717, 1.165) is 34.8 Å². The zero-order valence-electron chi connectivity index (χ0n) is 8.06. The third kappa shape index (κ3) is 3.98. The highest BCUT2D eigenvalue weighted by Crippen LogP contribution is 2.14. The number of aliphatic hydroxyl groups is 1. The highest BCUT2D eigenvalue weighted by Gasteiger charge is 2.02. The molecular weight excluding hydrogens is 198 g/mol. The molecule has 1 heterocycles. The maximum Gasteiger partial charge on any atom is 0.251 e. The number of pyridine rings is 1. The molecule has 0 radical (unpaired) electrons. The Morgan fingerprint density at radius 2 is 2.14 bits per heavy atom. The lowest BCUT2D eigenvalue weighted by Gasteiger charge is -2.02. The summed E-state index contributed by atoms with van der Waals surface area (Å²) in [7, 11) is 0. The summed E-state index contributed by atoms with van der Waals surface area (Å²) in [6.07, 6.45) is 4.43. The summed E-state index contributed by atoms with van der Waals surface area (Å²) < 4.78 is 0.886. The molecule has 14 heavy (non-hydrogen) atoms. The minimum absolute atomic E-state index is 0.261. The Morgan fingerprint density at radius 3 is 2.86 bits per heavy atom. The first-order chi connectivity index (χ1) is 6.84. The first kappa shape index (κ1) is 11.3. The van der Waals surface area contributed by atoms with E-state index >= 15 is 0 Å². The maximum absolute atomic E-state index is 11.2. The highest BCUT2D eigenvalue weighted by molar-refractivity contribution is 7.99. The van der Waals surface area contributed by atoms with E-state index in [-0.39, 0.29) is 6.61 Å². The third-order valence-electron chi connectivity index (χ3n) is 1.84. The molecule has 0 unspecified atom stereocenters. The molecule has 0 atom stereocenters. The highest BCUT2D eigenvalue weighted by atomic mass is 32.2. The largest absolute Gasteiger partial charge is 0.618 e. The Bertz CT molecular complexity index is 268. The topological polar surface area (TPSA) is 47.2 Å². The van der Waals surface area contributed by atoms with Crippen molar-refractivity contribution in [2.24, 2.45) is 0 Å². The fourth-order valence-electron chi connectivity index (χ4n) is 1.09. The Morgan fingerprint density at radius 1 is 1.29 bits per heavy atom. The Kier molecular flexibility index (Phi) is 5.40. The molecule has 3 nitrogen and oxygen atoms in total. The van der Waals surface area contributed by atoms with Crippen LogP contribution in [-0.2, 0) is 0 Å². The Labute approximate surface area is 88.4 Å². The normalized spacial score (nSPS) is 10.4. The molecule has 4 heteroatoms. The number of unbranched alkanes of at least 4 members (excludes halogenated alkanes) is 2. The van der Waals surface area contributed by atoms with Crippen molar-refractivity contribution in [3.8, 4) is 0 Å². The SMILES string of the molecule is [O-][n+]1ccccc1SCCCCCO. The second-order valence-electron chi connectivity index (χ2n) is 3.00. The molecule has 0 aliphatic carbocycles. The van der Waals surface area contributed by atoms with Gasteiger partial charge in [-0.3, -0.25) is 0 Å². The fraction of sp³-hybridized carbons (Fsp3) is 0.500. The molecule has 1 N–H and O–H groups in total. The van der Waals surface area contributed by atoms with Gasteiger partial charge in [0.2, 0.25) is 0 Å². The smallest absolute Gasteiger partial charge is 0.251 e. The molecule has 1 aromatic rings. The molecule has 0 spiro atoms. The number of hydrogen-bond acceptors (Lipinski definition) is 3. The van der Waals surface area contributed by atoms with Gasteiger partial charge in [-0.25, -0.2) is 0 Å². The van der Waals surface area contributed by atoms with Crippen molar-refractivity contribution in [1.82, 2.24) is 0 Å². The molecule has 0 fully saturated rings. The second kappa shape index (κ2) is 6.68. The molecule has 0 bridgehead atoms. The van der Waals surface area contributed by atoms with Crippen molar-refractivity contribution in [3.05, 3.63) is 29.6 Å². The monoisotopic (exact) mass is 213 g/mol. The summed E-state index contributed by atoms with van der Waals surface area (Å²) in [6, 6.07) is 5.41. The van der Waals surface area contributed by atoms with Crippen LogP contribution >= 0.6 is 11.8 Å². The van der Waals surface area contributed by atoms with Crippen LogP contribution in [0.2, 0.25) is 0 Å². The molecular formula is C10H15NO2S. The Hall–Kier alpha value is -0.740. The van der Waals surface area contributed by atoms with E-state index in [1.54, 1.807) is 17.8 Å². The van der Waals surface area contributed by atoms with Gasteiger partial charge in [-0.1, -0.05) is 18.2 Å². The standard InChI is InChI=1S/C10H15NO2S/c12-8-4-1-5-9-14-10-6-2-3-7-11(10)13/h2-3,6-7,12H,1,4-5,8-9H2. The van der Waals surface area contributed by atoms with Gasteiger partial charge in [0, 0.05) is 24.5 Å². The minimum Gasteiger partial charge on any atom is -0.618 e. The maximum atomic E-state index is 11.2. The molecule has 1 aromatic heterocycles. The van der Waals surface area contributed by atoms with E-state index in [4.69, 9.17) is 5.11 Å². The lowest BCUT2D eigenvalue weighted by molar-refractivity contribution is -0.645. The lowest BCUT2D eigenvalue weighted by atomic mass is 10.3. The minimum atomic E-state index is 0.261. The van der Waals surface area contributed by atoms with Crippen molar-refractivity contribution >= 4 is 11.8 Å². The molecule has 0 amide bonds. The van der Waals surface area contributed by atoms with Crippen molar-refractivity contribution in [2.75, 3.05) is 12.4 Å². The summed E-state index contributed by atoms with van der Waals surface area (Å²) in [4.78, 5) is 0. The molecule has 0 aliphatic heterocycles. The van der Waals surface area contributed by atoms with Crippen LogP contribution < -0.4 is 4.73 Å². The number of rotatable bonds is 6. The number of hydrogen-bond donors (Lipinski definition) is 1. The second-order valence-corrected chi connectivity index (χ2v) is 4.11. The third-order valence-corrected chi connectivity index (χ3v) is 2.95. The Balaban J connectivity index is 2.21. The zero-order valence-corrected chi connectivity index (χ0v) is 8.87. The average molecular weight is 213 g/mol. The van der Waals surface area contributed by atoms with E-state index in [9.17, 15) is 5.21 Å². The van der Waals surface area contributed by atoms with Gasteiger partial charge in [-0.15, -0.1) is 0 Å². The molecule has 1 rings (SSSR count).